The molecular formula is C13H16N4O4. The van der Waals surface area contributed by atoms with Crippen LogP contribution in [0.1, 0.15) is 12.5 Å². The summed E-state index contributed by atoms with van der Waals surface area (Å²) < 4.78 is 0. The van der Waals surface area contributed by atoms with Gasteiger partial charge in [0, 0.05) is 19.7 Å². The number of amides is 3. The van der Waals surface area contributed by atoms with Gasteiger partial charge in [0.15, 0.2) is 0 Å². The minimum atomic E-state index is -0.471. The molecule has 1 aromatic carbocycles. The van der Waals surface area contributed by atoms with E-state index < -0.39 is 4.92 Å². The van der Waals surface area contributed by atoms with Crippen LogP contribution in [0.4, 0.5) is 16.2 Å². The summed E-state index contributed by atoms with van der Waals surface area (Å²) in [6, 6.07) is 4.17. The van der Waals surface area contributed by atoms with Crippen LogP contribution in [0.5, 0.6) is 0 Å². The highest BCUT2D eigenvalue weighted by atomic mass is 16.6. The first-order valence-electron chi connectivity index (χ1n) is 6.50. The van der Waals surface area contributed by atoms with Gasteiger partial charge < -0.3 is 10.2 Å². The summed E-state index contributed by atoms with van der Waals surface area (Å²) in [5, 5.41) is 13.9. The molecule has 3 amide bonds. The summed E-state index contributed by atoms with van der Waals surface area (Å²) >= 11 is 0. The second-order valence-corrected chi connectivity index (χ2v) is 4.76. The van der Waals surface area contributed by atoms with Gasteiger partial charge in [-0.2, -0.15) is 0 Å². The van der Waals surface area contributed by atoms with Crippen LogP contribution in [-0.4, -0.2) is 46.8 Å². The fourth-order valence-electron chi connectivity index (χ4n) is 2.18. The van der Waals surface area contributed by atoms with Gasteiger partial charge in [-0.3, -0.25) is 19.8 Å². The van der Waals surface area contributed by atoms with E-state index in [9.17, 15) is 19.7 Å². The molecule has 8 heteroatoms. The number of carbonyl (C=O) groups excluding carboxylic acids is 2. The number of urea groups is 1. The lowest BCUT2D eigenvalue weighted by molar-refractivity contribution is -0.384. The molecule has 21 heavy (non-hydrogen) atoms. The van der Waals surface area contributed by atoms with Gasteiger partial charge in [0.05, 0.1) is 11.5 Å². The highest BCUT2D eigenvalue weighted by molar-refractivity contribution is 6.01. The van der Waals surface area contributed by atoms with Crippen LogP contribution in [0.25, 0.3) is 0 Å². The molecule has 8 nitrogen and oxygen atoms in total. The zero-order chi connectivity index (χ0) is 15.6. The van der Waals surface area contributed by atoms with Gasteiger partial charge in [0.25, 0.3) is 11.6 Å². The molecule has 0 unspecified atom stereocenters. The van der Waals surface area contributed by atoms with Gasteiger partial charge in [-0.1, -0.05) is 6.07 Å². The maximum absolute atomic E-state index is 11.8. The van der Waals surface area contributed by atoms with Crippen molar-refractivity contribution in [3.63, 3.8) is 0 Å². The minimum absolute atomic E-state index is 0.0307. The largest absolute Gasteiger partial charge is 0.380 e. The standard InChI is InChI=1S/C13H16N4O4/c1-3-14-10-6-9(4-5-11(10)17(20)21)7-16-12(18)8-15(2)13(16)19/h4-6,14H,3,7-8H2,1-2H3. The number of nitrogens with zero attached hydrogens (tertiary/aromatic N) is 3. The van der Waals surface area contributed by atoms with Crippen LogP contribution in [0.3, 0.4) is 0 Å². The van der Waals surface area contributed by atoms with Gasteiger partial charge >= 0.3 is 6.03 Å². The number of benzene rings is 1. The van der Waals surface area contributed by atoms with E-state index in [-0.39, 0.29) is 30.7 Å². The average molecular weight is 292 g/mol. The predicted octanol–water partition coefficient (Wildman–Crippen LogP) is 1.42. The minimum Gasteiger partial charge on any atom is -0.380 e. The SMILES string of the molecule is CCNc1cc(CN2C(=O)CN(C)C2=O)ccc1[N+](=O)[O-]. The molecule has 2 rings (SSSR count). The summed E-state index contributed by atoms with van der Waals surface area (Å²) in [5.41, 5.74) is 1.01. The Morgan fingerprint density at radius 3 is 2.62 bits per heavy atom. The van der Waals surface area contributed by atoms with Crippen LogP contribution in [-0.2, 0) is 11.3 Å². The third-order valence-corrected chi connectivity index (χ3v) is 3.20. The molecule has 0 aromatic heterocycles. The lowest BCUT2D eigenvalue weighted by atomic mass is 10.1. The van der Waals surface area contributed by atoms with Crippen LogP contribution >= 0.6 is 0 Å². The molecule has 0 atom stereocenters. The Hall–Kier alpha value is -2.64. The van der Waals surface area contributed by atoms with E-state index in [0.717, 1.165) is 4.90 Å². The lowest BCUT2D eigenvalue weighted by Crippen LogP contribution is -2.31. The second kappa shape index (κ2) is 5.78. The quantitative estimate of drug-likeness (QED) is 0.503. The van der Waals surface area contributed by atoms with Crippen molar-refractivity contribution in [1.82, 2.24) is 9.80 Å². The summed E-state index contributed by atoms with van der Waals surface area (Å²) in [4.78, 5) is 36.5. The van der Waals surface area contributed by atoms with Gasteiger partial charge in [0.2, 0.25) is 0 Å². The van der Waals surface area contributed by atoms with Crippen LogP contribution in [0.2, 0.25) is 0 Å². The number of hydrogen-bond acceptors (Lipinski definition) is 5. The molecule has 1 saturated heterocycles. The number of carbonyl (C=O) groups is 2. The summed E-state index contributed by atoms with van der Waals surface area (Å²) in [6.45, 7) is 2.54. The smallest absolute Gasteiger partial charge is 0.327 e. The van der Waals surface area contributed by atoms with E-state index in [0.29, 0.717) is 17.8 Å². The first-order chi connectivity index (χ1) is 9.93. The fraction of sp³-hybridized carbons (Fsp3) is 0.385. The van der Waals surface area contributed by atoms with E-state index in [4.69, 9.17) is 0 Å². The molecule has 0 bridgehead atoms. The molecule has 1 aromatic rings. The monoisotopic (exact) mass is 292 g/mol. The summed E-state index contributed by atoms with van der Waals surface area (Å²) in [7, 11) is 1.56. The number of likely N-dealkylation sites (N-methyl/N-ethyl adjacent to an activating group) is 1. The zero-order valence-corrected chi connectivity index (χ0v) is 11.8. The van der Waals surface area contributed by atoms with Gasteiger partial charge in [0.1, 0.15) is 12.2 Å². The molecule has 1 N–H and O–H groups in total. The number of rotatable bonds is 5. The topological polar surface area (TPSA) is 95.8 Å². The Morgan fingerprint density at radius 1 is 1.38 bits per heavy atom. The molecule has 1 aliphatic rings. The molecule has 0 radical (unpaired) electrons. The fourth-order valence-corrected chi connectivity index (χ4v) is 2.18. The van der Waals surface area contributed by atoms with Crippen molar-refractivity contribution < 1.29 is 14.5 Å². The predicted molar refractivity (Wildman–Crippen MR) is 75.8 cm³/mol. The summed E-state index contributed by atoms with van der Waals surface area (Å²) in [6.07, 6.45) is 0. The highest BCUT2D eigenvalue weighted by Gasteiger charge is 2.33. The van der Waals surface area contributed by atoms with Crippen molar-refractivity contribution in [3.8, 4) is 0 Å². The van der Waals surface area contributed by atoms with Crippen LogP contribution in [0.15, 0.2) is 18.2 Å². The van der Waals surface area contributed by atoms with E-state index >= 15 is 0 Å². The Morgan fingerprint density at radius 2 is 2.10 bits per heavy atom. The Balaban J connectivity index is 2.25. The number of nitro groups is 1. The molecule has 0 spiro atoms. The first kappa shape index (κ1) is 14.8. The lowest BCUT2D eigenvalue weighted by Gasteiger charge is -2.15. The second-order valence-electron chi connectivity index (χ2n) is 4.76. The molecule has 0 saturated carbocycles. The molecule has 0 aliphatic carbocycles. The summed E-state index contributed by atoms with van der Waals surface area (Å²) in [5.74, 6) is -0.272. The highest BCUT2D eigenvalue weighted by Crippen LogP contribution is 2.26. The maximum atomic E-state index is 11.8. The number of hydrogen-bond donors (Lipinski definition) is 1. The van der Waals surface area contributed by atoms with E-state index in [2.05, 4.69) is 5.32 Å². The van der Waals surface area contributed by atoms with Gasteiger partial charge in [-0.15, -0.1) is 0 Å². The van der Waals surface area contributed by atoms with E-state index in [1.165, 1.54) is 11.0 Å². The molecular weight excluding hydrogens is 276 g/mol. The number of nitro benzene ring substituents is 1. The van der Waals surface area contributed by atoms with Crippen molar-refractivity contribution in [2.75, 3.05) is 25.5 Å². The molecule has 1 aliphatic heterocycles. The van der Waals surface area contributed by atoms with Crippen LogP contribution < -0.4 is 5.32 Å². The molecule has 112 valence electrons. The van der Waals surface area contributed by atoms with Crippen molar-refractivity contribution in [1.29, 1.82) is 0 Å². The zero-order valence-electron chi connectivity index (χ0n) is 11.8. The average Bonchev–Trinajstić information content (AvgIpc) is 2.66. The number of anilines is 1. The van der Waals surface area contributed by atoms with Gasteiger partial charge in [-0.05, 0) is 18.6 Å². The normalized spacial score (nSPS) is 14.8. The molecule has 1 fully saturated rings. The Labute approximate surface area is 121 Å². The van der Waals surface area contributed by atoms with E-state index in [1.54, 1.807) is 19.2 Å². The molecule has 1 heterocycles. The number of nitrogens with one attached hydrogen (secondary N) is 1. The Bertz CT molecular complexity index is 602. The maximum Gasteiger partial charge on any atom is 0.327 e. The van der Waals surface area contributed by atoms with Crippen molar-refractivity contribution in [3.05, 3.63) is 33.9 Å². The van der Waals surface area contributed by atoms with Crippen molar-refractivity contribution >= 4 is 23.3 Å². The third-order valence-electron chi connectivity index (χ3n) is 3.20. The van der Waals surface area contributed by atoms with E-state index in [1.807, 2.05) is 6.92 Å². The van der Waals surface area contributed by atoms with Crippen molar-refractivity contribution in [2.24, 2.45) is 0 Å². The van der Waals surface area contributed by atoms with Gasteiger partial charge in [-0.25, -0.2) is 4.79 Å². The van der Waals surface area contributed by atoms with Crippen LogP contribution in [0, 0.1) is 10.1 Å². The number of imide groups is 1. The first-order valence-corrected chi connectivity index (χ1v) is 6.50. The third kappa shape index (κ3) is 2.93. The van der Waals surface area contributed by atoms with Crippen molar-refractivity contribution in [2.45, 2.75) is 13.5 Å². The Kier molecular flexibility index (Phi) is 4.06.